The molecule has 0 radical (unpaired) electrons. The van der Waals surface area contributed by atoms with Crippen LogP contribution in [0.4, 0.5) is 0 Å². The molecule has 0 heterocycles. The monoisotopic (exact) mass is 446 g/mol. The van der Waals surface area contributed by atoms with E-state index in [1.54, 1.807) is 12.1 Å². The second-order valence-corrected chi connectivity index (χ2v) is 9.37. The SMILES string of the molecule is CCCCCCCCCCCCCCCCCCCCCC(=O)OC(O)c1ccccc1. The minimum atomic E-state index is -1.15. The summed E-state index contributed by atoms with van der Waals surface area (Å²) in [4.78, 5) is 11.8. The Bertz CT molecular complexity index is 528. The molecule has 1 aromatic carbocycles. The summed E-state index contributed by atoms with van der Waals surface area (Å²) in [6.45, 7) is 2.28. The van der Waals surface area contributed by atoms with Gasteiger partial charge in [-0.1, -0.05) is 153 Å². The molecule has 1 N–H and O–H groups in total. The number of ether oxygens (including phenoxy) is 1. The van der Waals surface area contributed by atoms with Gasteiger partial charge in [-0.3, -0.25) is 4.79 Å². The molecule has 0 amide bonds. The Kier molecular flexibility index (Phi) is 19.3. The zero-order valence-electron chi connectivity index (χ0n) is 20.9. The van der Waals surface area contributed by atoms with Gasteiger partial charge < -0.3 is 9.84 Å². The molecule has 0 spiro atoms. The van der Waals surface area contributed by atoms with Crippen molar-refractivity contribution in [2.24, 2.45) is 0 Å². The lowest BCUT2D eigenvalue weighted by Crippen LogP contribution is -2.10. The molecule has 32 heavy (non-hydrogen) atoms. The zero-order valence-corrected chi connectivity index (χ0v) is 20.9. The van der Waals surface area contributed by atoms with Crippen molar-refractivity contribution in [2.75, 3.05) is 0 Å². The van der Waals surface area contributed by atoms with Gasteiger partial charge >= 0.3 is 5.97 Å². The molecule has 0 saturated heterocycles. The number of carbonyl (C=O) groups excluding carboxylic acids is 1. The van der Waals surface area contributed by atoms with Crippen molar-refractivity contribution in [3.63, 3.8) is 0 Å². The lowest BCUT2D eigenvalue weighted by Gasteiger charge is -2.12. The maximum Gasteiger partial charge on any atom is 0.308 e. The van der Waals surface area contributed by atoms with Crippen LogP contribution < -0.4 is 0 Å². The van der Waals surface area contributed by atoms with Crippen molar-refractivity contribution in [2.45, 2.75) is 142 Å². The number of carbonyl (C=O) groups is 1. The van der Waals surface area contributed by atoms with Gasteiger partial charge in [0.2, 0.25) is 6.29 Å². The zero-order chi connectivity index (χ0) is 23.1. The van der Waals surface area contributed by atoms with E-state index in [2.05, 4.69) is 6.92 Å². The first kappa shape index (κ1) is 28.7. The van der Waals surface area contributed by atoms with Crippen molar-refractivity contribution in [1.29, 1.82) is 0 Å². The molecule has 0 aliphatic heterocycles. The Labute approximate surface area is 198 Å². The van der Waals surface area contributed by atoms with Crippen molar-refractivity contribution in [3.05, 3.63) is 35.9 Å². The van der Waals surface area contributed by atoms with Gasteiger partial charge in [0.1, 0.15) is 0 Å². The summed E-state index contributed by atoms with van der Waals surface area (Å²) in [6.07, 6.45) is 24.7. The third-order valence-electron chi connectivity index (χ3n) is 6.31. The molecule has 3 heteroatoms. The summed E-state index contributed by atoms with van der Waals surface area (Å²) in [5, 5.41) is 9.91. The Morgan fingerprint density at radius 1 is 0.656 bits per heavy atom. The van der Waals surface area contributed by atoms with Crippen LogP contribution in [0.15, 0.2) is 30.3 Å². The molecular formula is C29H50O3. The first-order valence-electron chi connectivity index (χ1n) is 13.7. The number of rotatable bonds is 22. The molecular weight excluding hydrogens is 396 g/mol. The van der Waals surface area contributed by atoms with E-state index in [9.17, 15) is 9.90 Å². The van der Waals surface area contributed by atoms with Crippen LogP contribution in [-0.4, -0.2) is 11.1 Å². The first-order chi connectivity index (χ1) is 15.7. The maximum atomic E-state index is 11.8. The van der Waals surface area contributed by atoms with E-state index in [1.807, 2.05) is 18.2 Å². The van der Waals surface area contributed by atoms with Crippen molar-refractivity contribution in [3.8, 4) is 0 Å². The number of unbranched alkanes of at least 4 members (excludes halogenated alkanes) is 18. The van der Waals surface area contributed by atoms with Crippen LogP contribution in [-0.2, 0) is 9.53 Å². The van der Waals surface area contributed by atoms with Crippen LogP contribution in [0, 0.1) is 0 Å². The molecule has 1 aromatic rings. The Hall–Kier alpha value is -1.35. The van der Waals surface area contributed by atoms with Crippen molar-refractivity contribution in [1.82, 2.24) is 0 Å². The molecule has 184 valence electrons. The molecule has 0 saturated carbocycles. The predicted octanol–water partition coefficient (Wildman–Crippen LogP) is 9.04. The fourth-order valence-corrected chi connectivity index (χ4v) is 4.22. The average Bonchev–Trinajstić information content (AvgIpc) is 2.81. The Morgan fingerprint density at radius 3 is 1.44 bits per heavy atom. The van der Waals surface area contributed by atoms with E-state index in [1.165, 1.54) is 109 Å². The van der Waals surface area contributed by atoms with Crippen LogP contribution in [0.5, 0.6) is 0 Å². The minimum absolute atomic E-state index is 0.312. The van der Waals surface area contributed by atoms with Gasteiger partial charge in [0.25, 0.3) is 0 Å². The molecule has 0 aromatic heterocycles. The summed E-state index contributed by atoms with van der Waals surface area (Å²) < 4.78 is 5.09. The number of hydrogen-bond acceptors (Lipinski definition) is 3. The number of benzene rings is 1. The topological polar surface area (TPSA) is 46.5 Å². The third-order valence-corrected chi connectivity index (χ3v) is 6.31. The molecule has 0 bridgehead atoms. The average molecular weight is 447 g/mol. The second kappa shape index (κ2) is 21.5. The van der Waals surface area contributed by atoms with Crippen LogP contribution in [0.2, 0.25) is 0 Å². The molecule has 1 atom stereocenters. The quantitative estimate of drug-likeness (QED) is 0.110. The fourth-order valence-electron chi connectivity index (χ4n) is 4.22. The van der Waals surface area contributed by atoms with Gasteiger partial charge in [-0.05, 0) is 6.42 Å². The van der Waals surface area contributed by atoms with Gasteiger partial charge in [0.05, 0.1) is 0 Å². The predicted molar refractivity (Wildman–Crippen MR) is 136 cm³/mol. The van der Waals surface area contributed by atoms with E-state index in [0.29, 0.717) is 12.0 Å². The Morgan fingerprint density at radius 2 is 1.03 bits per heavy atom. The number of aliphatic hydroxyl groups is 1. The smallest absolute Gasteiger partial charge is 0.308 e. The Balaban J connectivity index is 1.77. The van der Waals surface area contributed by atoms with E-state index < -0.39 is 6.29 Å². The minimum Gasteiger partial charge on any atom is -0.431 e. The summed E-state index contributed by atoms with van der Waals surface area (Å²) in [6, 6.07) is 9.04. The number of aliphatic hydroxyl groups excluding tert-OH is 1. The van der Waals surface area contributed by atoms with Crippen LogP contribution >= 0.6 is 0 Å². The second-order valence-electron chi connectivity index (χ2n) is 9.37. The van der Waals surface area contributed by atoms with E-state index in [-0.39, 0.29) is 5.97 Å². The maximum absolute atomic E-state index is 11.8. The summed E-state index contributed by atoms with van der Waals surface area (Å²) in [7, 11) is 0. The number of esters is 1. The summed E-state index contributed by atoms with van der Waals surface area (Å²) in [5.41, 5.74) is 0.619. The van der Waals surface area contributed by atoms with Gasteiger partial charge in [-0.2, -0.15) is 0 Å². The highest BCUT2D eigenvalue weighted by molar-refractivity contribution is 5.69. The normalized spacial score (nSPS) is 12.1. The number of hydrogen-bond donors (Lipinski definition) is 1. The van der Waals surface area contributed by atoms with Crippen molar-refractivity contribution >= 4 is 5.97 Å². The molecule has 0 aliphatic carbocycles. The third kappa shape index (κ3) is 17.2. The largest absolute Gasteiger partial charge is 0.431 e. The van der Waals surface area contributed by atoms with Crippen LogP contribution in [0.25, 0.3) is 0 Å². The molecule has 3 nitrogen and oxygen atoms in total. The van der Waals surface area contributed by atoms with Crippen LogP contribution in [0.1, 0.15) is 147 Å². The standard InChI is InChI=1S/C29H50O3/c1-2-3-4-5-6-7-8-9-10-11-12-13-14-15-16-17-18-19-23-26-28(30)32-29(31)27-24-21-20-22-25-27/h20-22,24-25,29,31H,2-19,23,26H2,1H3. The summed E-state index contributed by atoms with van der Waals surface area (Å²) in [5.74, 6) is -0.312. The lowest BCUT2D eigenvalue weighted by atomic mass is 10.0. The fraction of sp³-hybridized carbons (Fsp3) is 0.759. The highest BCUT2D eigenvalue weighted by Crippen LogP contribution is 2.17. The van der Waals surface area contributed by atoms with Gasteiger partial charge in [-0.25, -0.2) is 0 Å². The molecule has 0 aliphatic rings. The van der Waals surface area contributed by atoms with Gasteiger partial charge in [-0.15, -0.1) is 0 Å². The molecule has 1 rings (SSSR count). The van der Waals surface area contributed by atoms with E-state index in [4.69, 9.17) is 4.74 Å². The lowest BCUT2D eigenvalue weighted by molar-refractivity contribution is -0.169. The van der Waals surface area contributed by atoms with Crippen LogP contribution in [0.3, 0.4) is 0 Å². The van der Waals surface area contributed by atoms with Gasteiger partial charge in [0, 0.05) is 12.0 Å². The first-order valence-corrected chi connectivity index (χ1v) is 13.7. The molecule has 0 fully saturated rings. The van der Waals surface area contributed by atoms with E-state index in [0.717, 1.165) is 12.8 Å². The highest BCUT2D eigenvalue weighted by Gasteiger charge is 2.12. The molecule has 1 unspecified atom stereocenters. The summed E-state index contributed by atoms with van der Waals surface area (Å²) >= 11 is 0. The van der Waals surface area contributed by atoms with E-state index >= 15 is 0 Å². The highest BCUT2D eigenvalue weighted by atomic mass is 16.6. The van der Waals surface area contributed by atoms with Gasteiger partial charge in [0.15, 0.2) is 0 Å². The van der Waals surface area contributed by atoms with Crippen molar-refractivity contribution < 1.29 is 14.6 Å².